The molecule has 0 spiro atoms. The Hall–Kier alpha value is -0.810. The first-order valence-electron chi connectivity index (χ1n) is 3.09. The smallest absolute Gasteiger partial charge is 0.186 e. The molecule has 5 heteroatoms. The lowest BCUT2D eigenvalue weighted by Gasteiger charge is -1.88. The van der Waals surface area contributed by atoms with Gasteiger partial charge in [0.05, 0.1) is 0 Å². The molecule has 0 unspecified atom stereocenters. The van der Waals surface area contributed by atoms with Gasteiger partial charge in [0.1, 0.15) is 5.82 Å². The van der Waals surface area contributed by atoms with Gasteiger partial charge in [0.25, 0.3) is 0 Å². The monoisotopic (exact) mass is 173 g/mol. The molecule has 1 rings (SSSR count). The minimum absolute atomic E-state index is 0.250. The van der Waals surface area contributed by atoms with Gasteiger partial charge in [0.2, 0.25) is 0 Å². The van der Waals surface area contributed by atoms with Crippen LogP contribution in [-0.4, -0.2) is 21.7 Å². The summed E-state index contributed by atoms with van der Waals surface area (Å²) < 4.78 is 0. The van der Waals surface area contributed by atoms with Crippen molar-refractivity contribution in [3.05, 3.63) is 12.3 Å². The topological polar surface area (TPSA) is 72.0 Å². The number of nitrogen functional groups attached to an aromatic ring is 1. The highest BCUT2D eigenvalue weighted by Crippen LogP contribution is 1.97. The van der Waals surface area contributed by atoms with Crippen molar-refractivity contribution in [2.24, 2.45) is 0 Å². The number of rotatable bonds is 0. The van der Waals surface area contributed by atoms with Crippen LogP contribution < -0.4 is 5.73 Å². The van der Waals surface area contributed by atoms with E-state index in [4.69, 9.17) is 10.8 Å². The molecule has 4 nitrogen and oxygen atoms in total. The van der Waals surface area contributed by atoms with Crippen LogP contribution in [-0.2, 0) is 0 Å². The van der Waals surface area contributed by atoms with Crippen molar-refractivity contribution in [2.75, 3.05) is 12.3 Å². The summed E-state index contributed by atoms with van der Waals surface area (Å²) in [5.41, 5.74) is 5.26. The number of aliphatic hydroxyl groups is 1. The van der Waals surface area contributed by atoms with Crippen LogP contribution in [0.1, 0.15) is 6.92 Å². The van der Waals surface area contributed by atoms with Gasteiger partial charge >= 0.3 is 0 Å². The first-order valence-corrected chi connectivity index (χ1v) is 3.53. The van der Waals surface area contributed by atoms with E-state index < -0.39 is 0 Å². The quantitative estimate of drug-likeness (QED) is 0.391. The van der Waals surface area contributed by atoms with Crippen LogP contribution >= 0.6 is 12.6 Å². The van der Waals surface area contributed by atoms with Crippen molar-refractivity contribution in [2.45, 2.75) is 12.1 Å². The third-order valence-electron chi connectivity index (χ3n) is 0.664. The molecule has 62 valence electrons. The number of hydrogen-bond acceptors (Lipinski definition) is 5. The Kier molecular flexibility index (Phi) is 5.50. The molecule has 0 saturated heterocycles. The number of aromatic nitrogens is 2. The Bertz CT molecular complexity index is 190. The number of anilines is 1. The summed E-state index contributed by atoms with van der Waals surface area (Å²) in [5, 5.41) is 7.98. The van der Waals surface area contributed by atoms with Gasteiger partial charge in [0.15, 0.2) is 5.16 Å². The molecule has 0 aromatic carbocycles. The highest BCUT2D eigenvalue weighted by atomic mass is 32.1. The predicted molar refractivity (Wildman–Crippen MR) is 46.5 cm³/mol. The molecular weight excluding hydrogens is 162 g/mol. The predicted octanol–water partition coefficient (Wildman–Crippen LogP) is 0.346. The molecule has 1 aromatic heterocycles. The second kappa shape index (κ2) is 5.94. The van der Waals surface area contributed by atoms with Crippen molar-refractivity contribution < 1.29 is 5.11 Å². The largest absolute Gasteiger partial charge is 0.397 e. The van der Waals surface area contributed by atoms with E-state index in [1.807, 2.05) is 0 Å². The molecule has 0 saturated carbocycles. The fourth-order valence-electron chi connectivity index (χ4n) is 0.362. The zero-order valence-corrected chi connectivity index (χ0v) is 7.12. The lowest BCUT2D eigenvalue weighted by molar-refractivity contribution is 0.318. The third-order valence-corrected chi connectivity index (χ3v) is 0.880. The van der Waals surface area contributed by atoms with Gasteiger partial charge in [-0.15, -0.1) is 12.6 Å². The Balaban J connectivity index is 0.000000292. The van der Waals surface area contributed by atoms with Crippen molar-refractivity contribution in [3.63, 3.8) is 0 Å². The van der Waals surface area contributed by atoms with E-state index in [0.717, 1.165) is 0 Å². The van der Waals surface area contributed by atoms with Crippen LogP contribution in [0.4, 0.5) is 5.82 Å². The van der Waals surface area contributed by atoms with E-state index in [0.29, 0.717) is 11.0 Å². The van der Waals surface area contributed by atoms with E-state index in [2.05, 4.69) is 22.6 Å². The van der Waals surface area contributed by atoms with E-state index in [1.165, 1.54) is 0 Å². The summed E-state index contributed by atoms with van der Waals surface area (Å²) in [7, 11) is 0. The molecule has 0 atom stereocenters. The Morgan fingerprint density at radius 1 is 1.73 bits per heavy atom. The van der Waals surface area contributed by atoms with Crippen LogP contribution in [0.25, 0.3) is 0 Å². The molecule has 3 N–H and O–H groups in total. The maximum Gasteiger partial charge on any atom is 0.186 e. The molecule has 0 fully saturated rings. The number of hydrogen-bond donors (Lipinski definition) is 3. The van der Waals surface area contributed by atoms with Crippen molar-refractivity contribution >= 4 is 18.4 Å². The molecule has 11 heavy (non-hydrogen) atoms. The van der Waals surface area contributed by atoms with Crippen molar-refractivity contribution in [1.29, 1.82) is 0 Å². The fourth-order valence-corrected chi connectivity index (χ4v) is 0.544. The maximum absolute atomic E-state index is 7.57. The Morgan fingerprint density at radius 2 is 2.27 bits per heavy atom. The maximum atomic E-state index is 7.57. The fraction of sp³-hybridized carbons (Fsp3) is 0.333. The highest BCUT2D eigenvalue weighted by molar-refractivity contribution is 7.80. The lowest BCUT2D eigenvalue weighted by Crippen LogP contribution is -1.90. The van der Waals surface area contributed by atoms with E-state index >= 15 is 0 Å². The number of nitrogens with zero attached hydrogens (tertiary/aromatic N) is 2. The molecule has 0 amide bonds. The molecule has 1 aromatic rings. The summed E-state index contributed by atoms with van der Waals surface area (Å²) in [4.78, 5) is 7.42. The molecule has 0 bridgehead atoms. The van der Waals surface area contributed by atoms with Gasteiger partial charge in [-0.1, -0.05) is 0 Å². The van der Waals surface area contributed by atoms with Gasteiger partial charge in [-0.3, -0.25) is 0 Å². The summed E-state index contributed by atoms with van der Waals surface area (Å²) in [6.45, 7) is 1.93. The Morgan fingerprint density at radius 3 is 2.55 bits per heavy atom. The van der Waals surface area contributed by atoms with Crippen LogP contribution in [0.15, 0.2) is 17.4 Å². The first kappa shape index (κ1) is 10.2. The van der Waals surface area contributed by atoms with Gasteiger partial charge in [-0.25, -0.2) is 9.97 Å². The van der Waals surface area contributed by atoms with Gasteiger partial charge in [-0.2, -0.15) is 0 Å². The summed E-state index contributed by atoms with van der Waals surface area (Å²) in [6.07, 6.45) is 1.56. The molecular formula is C6H11N3OS. The van der Waals surface area contributed by atoms with Gasteiger partial charge in [-0.05, 0) is 13.0 Å². The van der Waals surface area contributed by atoms with Crippen molar-refractivity contribution in [1.82, 2.24) is 9.97 Å². The normalized spacial score (nSPS) is 8.27. The Labute approximate surface area is 70.9 Å². The summed E-state index contributed by atoms with van der Waals surface area (Å²) in [5.74, 6) is 0.449. The summed E-state index contributed by atoms with van der Waals surface area (Å²) >= 11 is 3.85. The molecule has 1 heterocycles. The zero-order valence-electron chi connectivity index (χ0n) is 6.23. The standard InChI is InChI=1S/C4H5N3S.C2H6O/c5-3-1-2-6-4(8)7-3;1-2-3/h1-2H,(H3,5,6,7,8);3H,2H2,1H3. The number of thiol groups is 1. The molecule has 0 radical (unpaired) electrons. The van der Waals surface area contributed by atoms with E-state index in [-0.39, 0.29) is 6.61 Å². The minimum Gasteiger partial charge on any atom is -0.397 e. The third kappa shape index (κ3) is 5.63. The summed E-state index contributed by atoms with van der Waals surface area (Å²) in [6, 6.07) is 1.61. The average Bonchev–Trinajstić information content (AvgIpc) is 1.88. The second-order valence-electron chi connectivity index (χ2n) is 1.60. The zero-order chi connectivity index (χ0) is 8.69. The second-order valence-corrected chi connectivity index (χ2v) is 2.00. The number of nitrogens with two attached hydrogens (primary N) is 1. The first-order chi connectivity index (χ1) is 5.20. The lowest BCUT2D eigenvalue weighted by atomic mass is 10.6. The van der Waals surface area contributed by atoms with Crippen LogP contribution in [0.2, 0.25) is 0 Å². The van der Waals surface area contributed by atoms with E-state index in [1.54, 1.807) is 19.2 Å². The van der Waals surface area contributed by atoms with Crippen LogP contribution in [0.3, 0.4) is 0 Å². The van der Waals surface area contributed by atoms with Crippen LogP contribution in [0.5, 0.6) is 0 Å². The molecule has 0 aliphatic carbocycles. The van der Waals surface area contributed by atoms with Crippen LogP contribution in [0, 0.1) is 0 Å². The minimum atomic E-state index is 0.250. The SMILES string of the molecule is CCO.Nc1ccnc(S)n1. The molecule has 0 aliphatic heterocycles. The van der Waals surface area contributed by atoms with Gasteiger partial charge < -0.3 is 10.8 Å². The number of aliphatic hydroxyl groups excluding tert-OH is 1. The van der Waals surface area contributed by atoms with E-state index in [9.17, 15) is 0 Å². The average molecular weight is 173 g/mol. The van der Waals surface area contributed by atoms with Gasteiger partial charge in [0, 0.05) is 12.8 Å². The highest BCUT2D eigenvalue weighted by Gasteiger charge is 1.85. The van der Waals surface area contributed by atoms with Crippen molar-refractivity contribution in [3.8, 4) is 0 Å². The molecule has 0 aliphatic rings.